The number of carbonyl (C=O) groups excluding carboxylic acids is 1. The molecule has 1 fully saturated rings. The van der Waals surface area contributed by atoms with Crippen molar-refractivity contribution in [2.24, 2.45) is 0 Å². The molecule has 2 aromatic carbocycles. The zero-order chi connectivity index (χ0) is 18.5. The second kappa shape index (κ2) is 8.54. The molecular weight excluding hydrogens is 352 g/mol. The molecule has 1 heterocycles. The van der Waals surface area contributed by atoms with Crippen molar-refractivity contribution in [2.45, 2.75) is 26.1 Å². The molecule has 0 bridgehead atoms. The number of nitrogens with zero attached hydrogens (tertiary/aromatic N) is 1. The van der Waals surface area contributed by atoms with Gasteiger partial charge in [-0.15, -0.1) is 0 Å². The lowest BCUT2D eigenvalue weighted by molar-refractivity contribution is -0.121. The van der Waals surface area contributed by atoms with E-state index in [1.165, 1.54) is 0 Å². The topological polar surface area (TPSA) is 50.8 Å². The Balaban J connectivity index is 1.68. The van der Waals surface area contributed by atoms with Crippen LogP contribution in [-0.4, -0.2) is 42.6 Å². The molecule has 2 aromatic rings. The number of para-hydroxylation sites is 1. The Kier molecular flexibility index (Phi) is 6.14. The molecule has 0 saturated carbocycles. The maximum absolute atomic E-state index is 12.5. The van der Waals surface area contributed by atoms with Gasteiger partial charge in [0.25, 0.3) is 0 Å². The summed E-state index contributed by atoms with van der Waals surface area (Å²) >= 11 is 6.10. The molecule has 6 heteroatoms. The lowest BCUT2D eigenvalue weighted by atomic mass is 10.2. The van der Waals surface area contributed by atoms with Gasteiger partial charge in [-0.1, -0.05) is 29.8 Å². The third kappa shape index (κ3) is 5.21. The van der Waals surface area contributed by atoms with Crippen LogP contribution in [0.5, 0.6) is 11.5 Å². The second-order valence-corrected chi connectivity index (χ2v) is 6.99. The number of hydrogen-bond acceptors (Lipinski definition) is 4. The number of benzene rings is 2. The summed E-state index contributed by atoms with van der Waals surface area (Å²) in [6.07, 6.45) is 0.240. The van der Waals surface area contributed by atoms with Gasteiger partial charge >= 0.3 is 0 Å². The summed E-state index contributed by atoms with van der Waals surface area (Å²) in [5.74, 6) is 1.14. The molecule has 1 aliphatic heterocycles. The minimum absolute atomic E-state index is 0.105. The molecule has 2 atom stereocenters. The molecule has 138 valence electrons. The Labute approximate surface area is 158 Å². The van der Waals surface area contributed by atoms with Crippen molar-refractivity contribution in [3.05, 3.63) is 53.6 Å². The predicted octanol–water partition coefficient (Wildman–Crippen LogP) is 4.18. The number of rotatable bonds is 5. The van der Waals surface area contributed by atoms with Gasteiger partial charge in [0.2, 0.25) is 5.91 Å². The zero-order valence-corrected chi connectivity index (χ0v) is 15.7. The molecule has 1 amide bonds. The van der Waals surface area contributed by atoms with E-state index in [9.17, 15) is 4.79 Å². The van der Waals surface area contributed by atoms with Crippen LogP contribution in [0.3, 0.4) is 0 Å². The third-order valence-corrected chi connectivity index (χ3v) is 4.28. The van der Waals surface area contributed by atoms with Crippen LogP contribution in [-0.2, 0) is 9.53 Å². The largest absolute Gasteiger partial charge is 0.455 e. The monoisotopic (exact) mass is 374 g/mol. The van der Waals surface area contributed by atoms with Crippen LogP contribution in [0.15, 0.2) is 48.5 Å². The van der Waals surface area contributed by atoms with Gasteiger partial charge in [-0.05, 0) is 44.2 Å². The molecule has 0 unspecified atom stereocenters. The molecule has 3 rings (SSSR count). The Bertz CT molecular complexity index is 744. The molecule has 1 N–H and O–H groups in total. The first kappa shape index (κ1) is 18.7. The third-order valence-electron chi connectivity index (χ3n) is 4.05. The summed E-state index contributed by atoms with van der Waals surface area (Å²) in [7, 11) is 0. The summed E-state index contributed by atoms with van der Waals surface area (Å²) in [6, 6.07) is 14.6. The molecule has 1 saturated heterocycles. The molecule has 5 nitrogen and oxygen atoms in total. The standard InChI is InChI=1S/C20H23ClN2O3/c1-14-11-23(12-15(2)25-14)13-20(24)22-18-10-16(21)8-9-19(18)26-17-6-4-3-5-7-17/h3-10,14-15H,11-13H2,1-2H3,(H,22,24)/t14-,15-/m1/s1. The van der Waals surface area contributed by atoms with Gasteiger partial charge in [0.1, 0.15) is 5.75 Å². The summed E-state index contributed by atoms with van der Waals surface area (Å²) in [5.41, 5.74) is 0.556. The van der Waals surface area contributed by atoms with Gasteiger partial charge in [-0.25, -0.2) is 0 Å². The first-order valence-corrected chi connectivity index (χ1v) is 9.07. The predicted molar refractivity (Wildman–Crippen MR) is 103 cm³/mol. The van der Waals surface area contributed by atoms with Crippen LogP contribution in [0.1, 0.15) is 13.8 Å². The Morgan fingerprint density at radius 3 is 2.58 bits per heavy atom. The molecule has 0 spiro atoms. The van der Waals surface area contributed by atoms with E-state index in [1.807, 2.05) is 44.2 Å². The Morgan fingerprint density at radius 1 is 1.19 bits per heavy atom. The van der Waals surface area contributed by atoms with E-state index >= 15 is 0 Å². The van der Waals surface area contributed by atoms with Crippen molar-refractivity contribution in [1.29, 1.82) is 0 Å². The molecule has 0 radical (unpaired) electrons. The quantitative estimate of drug-likeness (QED) is 0.853. The minimum Gasteiger partial charge on any atom is -0.455 e. The van der Waals surface area contributed by atoms with Crippen molar-refractivity contribution in [1.82, 2.24) is 4.90 Å². The maximum Gasteiger partial charge on any atom is 0.238 e. The van der Waals surface area contributed by atoms with Crippen molar-refractivity contribution < 1.29 is 14.3 Å². The number of nitrogens with one attached hydrogen (secondary N) is 1. The number of amides is 1. The van der Waals surface area contributed by atoms with Crippen LogP contribution in [0.4, 0.5) is 5.69 Å². The van der Waals surface area contributed by atoms with Crippen molar-refractivity contribution in [2.75, 3.05) is 25.0 Å². The van der Waals surface area contributed by atoms with Crippen LogP contribution >= 0.6 is 11.6 Å². The lowest BCUT2D eigenvalue weighted by Gasteiger charge is -2.34. The Morgan fingerprint density at radius 2 is 1.88 bits per heavy atom. The summed E-state index contributed by atoms with van der Waals surface area (Å²) in [6.45, 7) is 5.81. The number of hydrogen-bond donors (Lipinski definition) is 1. The van der Waals surface area contributed by atoms with Crippen molar-refractivity contribution in [3.8, 4) is 11.5 Å². The van der Waals surface area contributed by atoms with Gasteiger partial charge in [-0.2, -0.15) is 0 Å². The summed E-state index contributed by atoms with van der Waals surface area (Å²) in [4.78, 5) is 14.6. The fourth-order valence-corrected chi connectivity index (χ4v) is 3.28. The zero-order valence-electron chi connectivity index (χ0n) is 14.9. The van der Waals surface area contributed by atoms with Gasteiger partial charge in [0, 0.05) is 18.1 Å². The molecule has 26 heavy (non-hydrogen) atoms. The number of ether oxygens (including phenoxy) is 2. The first-order chi connectivity index (χ1) is 12.5. The average molecular weight is 375 g/mol. The van der Waals surface area contributed by atoms with E-state index < -0.39 is 0 Å². The summed E-state index contributed by atoms with van der Waals surface area (Å²) < 4.78 is 11.6. The number of anilines is 1. The van der Waals surface area contributed by atoms with Crippen LogP contribution in [0.25, 0.3) is 0 Å². The van der Waals surface area contributed by atoms with E-state index in [0.29, 0.717) is 28.8 Å². The smallest absolute Gasteiger partial charge is 0.238 e. The van der Waals surface area contributed by atoms with Gasteiger partial charge in [0.15, 0.2) is 5.75 Å². The van der Waals surface area contributed by atoms with Crippen LogP contribution in [0, 0.1) is 0 Å². The second-order valence-electron chi connectivity index (χ2n) is 6.56. The average Bonchev–Trinajstić information content (AvgIpc) is 2.57. The van der Waals surface area contributed by atoms with Crippen LogP contribution < -0.4 is 10.1 Å². The van der Waals surface area contributed by atoms with E-state index in [2.05, 4.69) is 10.2 Å². The highest BCUT2D eigenvalue weighted by atomic mass is 35.5. The fraction of sp³-hybridized carbons (Fsp3) is 0.350. The number of morpholine rings is 1. The maximum atomic E-state index is 12.5. The number of carbonyl (C=O) groups is 1. The first-order valence-electron chi connectivity index (χ1n) is 8.69. The molecule has 0 aromatic heterocycles. The highest BCUT2D eigenvalue weighted by molar-refractivity contribution is 6.31. The van der Waals surface area contributed by atoms with Crippen molar-refractivity contribution in [3.63, 3.8) is 0 Å². The lowest BCUT2D eigenvalue weighted by Crippen LogP contribution is -2.48. The SMILES string of the molecule is C[C@@H]1CN(CC(=O)Nc2cc(Cl)ccc2Oc2ccccc2)C[C@@H](C)O1. The van der Waals surface area contributed by atoms with Gasteiger partial charge in [-0.3, -0.25) is 9.69 Å². The fourth-order valence-electron chi connectivity index (χ4n) is 3.11. The van der Waals surface area contributed by atoms with Crippen molar-refractivity contribution >= 4 is 23.2 Å². The highest BCUT2D eigenvalue weighted by Crippen LogP contribution is 2.32. The highest BCUT2D eigenvalue weighted by Gasteiger charge is 2.24. The van der Waals surface area contributed by atoms with Crippen LogP contribution in [0.2, 0.25) is 5.02 Å². The van der Waals surface area contributed by atoms with Gasteiger partial charge in [0.05, 0.1) is 24.4 Å². The molecule has 0 aliphatic carbocycles. The molecule has 1 aliphatic rings. The van der Waals surface area contributed by atoms with E-state index in [4.69, 9.17) is 21.1 Å². The van der Waals surface area contributed by atoms with E-state index in [0.717, 1.165) is 13.1 Å². The molecular formula is C20H23ClN2O3. The van der Waals surface area contributed by atoms with E-state index in [-0.39, 0.29) is 18.1 Å². The Hall–Kier alpha value is -2.08. The normalized spacial score (nSPS) is 20.6. The van der Waals surface area contributed by atoms with E-state index in [1.54, 1.807) is 18.2 Å². The van der Waals surface area contributed by atoms with Gasteiger partial charge < -0.3 is 14.8 Å². The minimum atomic E-state index is -0.105. The number of halogens is 1. The summed E-state index contributed by atoms with van der Waals surface area (Å²) in [5, 5.41) is 3.45.